The van der Waals surface area contributed by atoms with E-state index < -0.39 is 10.2 Å². The Morgan fingerprint density at radius 1 is 1.18 bits per heavy atom. The molecule has 1 aliphatic heterocycles. The first kappa shape index (κ1) is 18.1. The minimum atomic E-state index is -3.37. The van der Waals surface area contributed by atoms with Crippen molar-refractivity contribution in [2.75, 3.05) is 40.4 Å². The molecule has 0 unspecified atom stereocenters. The van der Waals surface area contributed by atoms with E-state index in [0.717, 1.165) is 51.6 Å². The molecule has 0 spiro atoms. The van der Waals surface area contributed by atoms with Crippen LogP contribution in [0.15, 0.2) is 0 Å². The second kappa shape index (κ2) is 8.59. The molecule has 1 aliphatic carbocycles. The third-order valence-electron chi connectivity index (χ3n) is 5.05. The topological polar surface area (TPSA) is 61.9 Å². The predicted molar refractivity (Wildman–Crippen MR) is 88.0 cm³/mol. The number of nitrogens with one attached hydrogen (secondary N) is 1. The molecule has 0 radical (unpaired) electrons. The Bertz CT molecular complexity index is 424. The van der Waals surface area contributed by atoms with Crippen LogP contribution in [-0.2, 0) is 14.9 Å². The highest BCUT2D eigenvalue weighted by atomic mass is 32.2. The van der Waals surface area contributed by atoms with Crippen molar-refractivity contribution in [3.8, 4) is 0 Å². The Balaban J connectivity index is 1.83. The molecule has 6 nitrogen and oxygen atoms in total. The fourth-order valence-electron chi connectivity index (χ4n) is 3.57. The Hall–Kier alpha value is -0.210. The van der Waals surface area contributed by atoms with Crippen molar-refractivity contribution in [1.82, 2.24) is 13.9 Å². The van der Waals surface area contributed by atoms with Crippen LogP contribution in [0.2, 0.25) is 0 Å². The molecule has 1 heterocycles. The van der Waals surface area contributed by atoms with Gasteiger partial charge in [0.15, 0.2) is 0 Å². The Labute approximate surface area is 135 Å². The summed E-state index contributed by atoms with van der Waals surface area (Å²) in [7, 11) is 0.0533. The van der Waals surface area contributed by atoms with Crippen LogP contribution >= 0.6 is 0 Å². The van der Waals surface area contributed by atoms with Gasteiger partial charge in [0.05, 0.1) is 6.61 Å². The van der Waals surface area contributed by atoms with E-state index in [1.807, 2.05) is 0 Å². The van der Waals surface area contributed by atoms with E-state index in [-0.39, 0.29) is 6.04 Å². The first-order valence-electron chi connectivity index (χ1n) is 8.50. The lowest BCUT2D eigenvalue weighted by Crippen LogP contribution is -2.48. The fraction of sp³-hybridized carbons (Fsp3) is 1.00. The van der Waals surface area contributed by atoms with Crippen LogP contribution in [0.3, 0.4) is 0 Å². The Kier molecular flexibility index (Phi) is 7.08. The highest BCUT2D eigenvalue weighted by molar-refractivity contribution is 7.87. The van der Waals surface area contributed by atoms with Crippen LogP contribution in [0, 0.1) is 0 Å². The summed E-state index contributed by atoms with van der Waals surface area (Å²) in [6.07, 6.45) is 7.67. The summed E-state index contributed by atoms with van der Waals surface area (Å²) < 4.78 is 34.5. The molecule has 130 valence electrons. The lowest BCUT2D eigenvalue weighted by molar-refractivity contribution is 0.141. The molecule has 0 amide bonds. The van der Waals surface area contributed by atoms with Gasteiger partial charge in [-0.3, -0.25) is 4.90 Å². The molecule has 1 saturated heterocycles. The van der Waals surface area contributed by atoms with Crippen LogP contribution in [0.1, 0.15) is 44.9 Å². The van der Waals surface area contributed by atoms with E-state index >= 15 is 0 Å². The second-order valence-electron chi connectivity index (χ2n) is 6.49. The zero-order valence-electron chi connectivity index (χ0n) is 14.0. The summed E-state index contributed by atoms with van der Waals surface area (Å²) in [5.41, 5.74) is 0. The van der Waals surface area contributed by atoms with Crippen LogP contribution in [-0.4, -0.2) is 70.1 Å². The number of hydrogen-bond acceptors (Lipinski definition) is 4. The largest absolute Gasteiger partial charge is 0.383 e. The molecule has 1 N–H and O–H groups in total. The van der Waals surface area contributed by atoms with Gasteiger partial charge in [-0.2, -0.15) is 12.7 Å². The van der Waals surface area contributed by atoms with Crippen molar-refractivity contribution in [2.24, 2.45) is 0 Å². The molecule has 0 aromatic rings. The van der Waals surface area contributed by atoms with Crippen molar-refractivity contribution in [3.05, 3.63) is 0 Å². The SMILES string of the molecule is COCCN1CCC[C@H]1CNS(=O)(=O)N(C)C1CCCCC1. The molecule has 0 aromatic heterocycles. The maximum atomic E-state index is 12.5. The number of hydrogen-bond donors (Lipinski definition) is 1. The van der Waals surface area contributed by atoms with E-state index in [1.165, 1.54) is 6.42 Å². The number of rotatable bonds is 8. The average Bonchev–Trinajstić information content (AvgIpc) is 2.98. The van der Waals surface area contributed by atoms with Crippen LogP contribution < -0.4 is 4.72 Å². The number of methoxy groups -OCH3 is 1. The number of ether oxygens (including phenoxy) is 1. The molecule has 1 atom stereocenters. The lowest BCUT2D eigenvalue weighted by Gasteiger charge is -2.31. The van der Waals surface area contributed by atoms with Crippen molar-refractivity contribution in [3.63, 3.8) is 0 Å². The van der Waals surface area contributed by atoms with Crippen LogP contribution in [0.5, 0.6) is 0 Å². The standard InChI is InChI=1S/C15H31N3O3S/c1-17(14-7-4-3-5-8-14)22(19,20)16-13-15-9-6-10-18(15)11-12-21-2/h14-16H,3-13H2,1-2H3/t15-/m0/s1. The Morgan fingerprint density at radius 2 is 1.91 bits per heavy atom. The minimum Gasteiger partial charge on any atom is -0.383 e. The predicted octanol–water partition coefficient (Wildman–Crippen LogP) is 1.20. The molecule has 7 heteroatoms. The molecule has 22 heavy (non-hydrogen) atoms. The zero-order chi connectivity index (χ0) is 16.0. The highest BCUT2D eigenvalue weighted by Crippen LogP contribution is 2.23. The monoisotopic (exact) mass is 333 g/mol. The summed E-state index contributed by atoms with van der Waals surface area (Å²) in [5.74, 6) is 0. The second-order valence-corrected chi connectivity index (χ2v) is 8.30. The average molecular weight is 333 g/mol. The van der Waals surface area contributed by atoms with Gasteiger partial charge in [0.1, 0.15) is 0 Å². The minimum absolute atomic E-state index is 0.166. The maximum absolute atomic E-state index is 12.5. The van der Waals surface area contributed by atoms with Crippen LogP contribution in [0.25, 0.3) is 0 Å². The molecule has 2 aliphatic rings. The van der Waals surface area contributed by atoms with Gasteiger partial charge < -0.3 is 4.74 Å². The first-order chi connectivity index (χ1) is 10.5. The summed E-state index contributed by atoms with van der Waals surface area (Å²) in [6, 6.07) is 0.462. The number of nitrogens with zero attached hydrogens (tertiary/aromatic N) is 2. The van der Waals surface area contributed by atoms with Gasteiger partial charge in [0.25, 0.3) is 10.2 Å². The van der Waals surface area contributed by atoms with Gasteiger partial charge in [-0.25, -0.2) is 4.72 Å². The first-order valence-corrected chi connectivity index (χ1v) is 9.94. The summed E-state index contributed by atoms with van der Waals surface area (Å²) in [5, 5.41) is 0. The van der Waals surface area contributed by atoms with Gasteiger partial charge in [-0.15, -0.1) is 0 Å². The molecular weight excluding hydrogens is 302 g/mol. The third kappa shape index (κ3) is 4.89. The molecule has 1 saturated carbocycles. The Morgan fingerprint density at radius 3 is 2.59 bits per heavy atom. The molecule has 2 rings (SSSR count). The molecular formula is C15H31N3O3S. The molecule has 0 aromatic carbocycles. The quantitative estimate of drug-likeness (QED) is 0.725. The third-order valence-corrected chi connectivity index (χ3v) is 6.64. The van der Waals surface area contributed by atoms with Gasteiger partial charge in [0, 0.05) is 39.3 Å². The van der Waals surface area contributed by atoms with Crippen molar-refractivity contribution in [2.45, 2.75) is 57.0 Å². The van der Waals surface area contributed by atoms with Gasteiger partial charge in [0.2, 0.25) is 0 Å². The van der Waals surface area contributed by atoms with E-state index in [0.29, 0.717) is 19.2 Å². The fourth-order valence-corrected chi connectivity index (χ4v) is 4.78. The van der Waals surface area contributed by atoms with Crippen LogP contribution in [0.4, 0.5) is 0 Å². The maximum Gasteiger partial charge on any atom is 0.279 e. The van der Waals surface area contributed by atoms with Gasteiger partial charge in [-0.1, -0.05) is 19.3 Å². The van der Waals surface area contributed by atoms with Gasteiger partial charge >= 0.3 is 0 Å². The molecule has 0 bridgehead atoms. The lowest BCUT2D eigenvalue weighted by atomic mass is 9.96. The summed E-state index contributed by atoms with van der Waals surface area (Å²) in [6.45, 7) is 3.11. The number of likely N-dealkylation sites (tertiary alicyclic amines) is 1. The smallest absolute Gasteiger partial charge is 0.279 e. The van der Waals surface area contributed by atoms with E-state index in [4.69, 9.17) is 4.74 Å². The normalized spacial score (nSPS) is 25.1. The van der Waals surface area contributed by atoms with Gasteiger partial charge in [-0.05, 0) is 32.2 Å². The highest BCUT2D eigenvalue weighted by Gasteiger charge is 2.30. The zero-order valence-corrected chi connectivity index (χ0v) is 14.8. The molecule has 2 fully saturated rings. The van der Waals surface area contributed by atoms with Crippen molar-refractivity contribution >= 4 is 10.2 Å². The summed E-state index contributed by atoms with van der Waals surface area (Å²) in [4.78, 5) is 2.33. The summed E-state index contributed by atoms with van der Waals surface area (Å²) >= 11 is 0. The van der Waals surface area contributed by atoms with E-state index in [2.05, 4.69) is 9.62 Å². The van der Waals surface area contributed by atoms with E-state index in [1.54, 1.807) is 18.5 Å². The van der Waals surface area contributed by atoms with Crippen molar-refractivity contribution in [1.29, 1.82) is 0 Å². The van der Waals surface area contributed by atoms with Crippen molar-refractivity contribution < 1.29 is 13.2 Å². The van der Waals surface area contributed by atoms with E-state index in [9.17, 15) is 8.42 Å².